The fourth-order valence-electron chi connectivity index (χ4n) is 2.77. The van der Waals surface area contributed by atoms with Gasteiger partial charge >= 0.3 is 5.97 Å². The second-order valence-electron chi connectivity index (χ2n) is 7.60. The van der Waals surface area contributed by atoms with Crippen molar-refractivity contribution in [3.8, 4) is 0 Å². The number of nitrogens with zero attached hydrogens (tertiary/aromatic N) is 1. The molecule has 0 saturated heterocycles. The van der Waals surface area contributed by atoms with Crippen molar-refractivity contribution in [2.75, 3.05) is 0 Å². The zero-order valence-electron chi connectivity index (χ0n) is 18.6. The first-order chi connectivity index (χ1) is 15.9. The number of primary amides is 2. The van der Waals surface area contributed by atoms with Crippen LogP contribution < -0.4 is 33.2 Å². The number of nitrogens with one attached hydrogen (secondary N) is 4. The summed E-state index contributed by atoms with van der Waals surface area (Å²) in [6.45, 7) is 1.38. The highest BCUT2D eigenvalue weighted by Crippen LogP contribution is 2.05. The van der Waals surface area contributed by atoms with Gasteiger partial charge in [0.1, 0.15) is 18.1 Å². The van der Waals surface area contributed by atoms with Gasteiger partial charge in [0.2, 0.25) is 29.5 Å². The van der Waals surface area contributed by atoms with Crippen molar-refractivity contribution in [1.29, 1.82) is 0 Å². The number of rotatable bonds is 15. The third-order valence-electron chi connectivity index (χ3n) is 4.63. The summed E-state index contributed by atoms with van der Waals surface area (Å²) in [4.78, 5) is 78.0. The highest BCUT2D eigenvalue weighted by atomic mass is 16.4. The SMILES string of the molecule is CC(N)C(=O)NC(CCC(N)=O)C(=O)NC(CCC(N)=O)C(=O)NC(Cc1cnc[nH]1)C(=O)O. The zero-order valence-corrected chi connectivity index (χ0v) is 18.6. The number of aliphatic carboxylic acids is 1. The largest absolute Gasteiger partial charge is 0.480 e. The van der Waals surface area contributed by atoms with Gasteiger partial charge in [-0.05, 0) is 19.8 Å². The Morgan fingerprint density at radius 3 is 1.76 bits per heavy atom. The summed E-state index contributed by atoms with van der Waals surface area (Å²) in [5.41, 5.74) is 16.2. The third-order valence-corrected chi connectivity index (χ3v) is 4.63. The number of aromatic nitrogens is 2. The number of aromatic amines is 1. The minimum atomic E-state index is -1.37. The van der Waals surface area contributed by atoms with Gasteiger partial charge in [-0.2, -0.15) is 0 Å². The molecule has 4 atom stereocenters. The number of nitrogens with two attached hydrogens (primary N) is 3. The Kier molecular flexibility index (Phi) is 11.1. The Balaban J connectivity index is 3.00. The maximum atomic E-state index is 12.8. The number of hydrogen-bond donors (Lipinski definition) is 8. The summed E-state index contributed by atoms with van der Waals surface area (Å²) in [7, 11) is 0. The van der Waals surface area contributed by atoms with Crippen LogP contribution in [0.2, 0.25) is 0 Å². The molecule has 1 aromatic heterocycles. The average Bonchev–Trinajstić information content (AvgIpc) is 3.25. The summed E-state index contributed by atoms with van der Waals surface area (Å²) in [6.07, 6.45) is 1.64. The molecule has 11 N–H and O–H groups in total. The van der Waals surface area contributed by atoms with E-state index in [1.807, 2.05) is 0 Å². The lowest BCUT2D eigenvalue weighted by Gasteiger charge is -2.24. The summed E-state index contributed by atoms with van der Waals surface area (Å²) < 4.78 is 0. The molecule has 0 aliphatic carbocycles. The summed E-state index contributed by atoms with van der Waals surface area (Å²) >= 11 is 0. The number of amides is 5. The first-order valence-corrected chi connectivity index (χ1v) is 10.3. The molecule has 1 aromatic rings. The monoisotopic (exact) mass is 482 g/mol. The van der Waals surface area contributed by atoms with Gasteiger partial charge in [-0.1, -0.05) is 0 Å². The molecule has 15 nitrogen and oxygen atoms in total. The molecule has 188 valence electrons. The van der Waals surface area contributed by atoms with Gasteiger partial charge in [-0.15, -0.1) is 0 Å². The maximum absolute atomic E-state index is 12.8. The van der Waals surface area contributed by atoms with Crippen molar-refractivity contribution in [3.63, 3.8) is 0 Å². The second-order valence-corrected chi connectivity index (χ2v) is 7.60. The van der Waals surface area contributed by atoms with Crippen LogP contribution in [0.3, 0.4) is 0 Å². The minimum Gasteiger partial charge on any atom is -0.480 e. The summed E-state index contributed by atoms with van der Waals surface area (Å²) in [5.74, 6) is -5.26. The molecule has 5 amide bonds. The number of carbonyl (C=O) groups is 6. The Morgan fingerprint density at radius 1 is 0.912 bits per heavy atom. The highest BCUT2D eigenvalue weighted by Gasteiger charge is 2.30. The van der Waals surface area contributed by atoms with Gasteiger partial charge < -0.3 is 43.2 Å². The number of carboxylic acid groups (broad SMARTS) is 1. The molecule has 0 spiro atoms. The van der Waals surface area contributed by atoms with Gasteiger partial charge in [-0.3, -0.25) is 24.0 Å². The first-order valence-electron chi connectivity index (χ1n) is 10.3. The van der Waals surface area contributed by atoms with E-state index in [4.69, 9.17) is 17.2 Å². The minimum absolute atomic E-state index is 0.122. The lowest BCUT2D eigenvalue weighted by atomic mass is 10.1. The Hall–Kier alpha value is -4.01. The van der Waals surface area contributed by atoms with Crippen LogP contribution in [0.25, 0.3) is 0 Å². The lowest BCUT2D eigenvalue weighted by molar-refractivity contribution is -0.142. The van der Waals surface area contributed by atoms with Gasteiger partial charge in [-0.25, -0.2) is 9.78 Å². The number of imidazole rings is 1. The molecule has 0 bridgehead atoms. The van der Waals surface area contributed by atoms with Gasteiger partial charge in [0.25, 0.3) is 0 Å². The van der Waals surface area contributed by atoms with Crippen LogP contribution in [-0.2, 0) is 35.2 Å². The van der Waals surface area contributed by atoms with E-state index in [1.54, 1.807) is 0 Å². The van der Waals surface area contributed by atoms with Crippen molar-refractivity contribution in [2.24, 2.45) is 17.2 Å². The van der Waals surface area contributed by atoms with Crippen molar-refractivity contribution >= 4 is 35.5 Å². The Bertz CT molecular complexity index is 887. The van der Waals surface area contributed by atoms with Crippen LogP contribution in [0.15, 0.2) is 12.5 Å². The molecular formula is C19H30N8O7. The van der Waals surface area contributed by atoms with Crippen LogP contribution in [0.5, 0.6) is 0 Å². The van der Waals surface area contributed by atoms with E-state index >= 15 is 0 Å². The summed E-state index contributed by atoms with van der Waals surface area (Å²) in [6, 6.07) is -4.97. The van der Waals surface area contributed by atoms with Crippen molar-refractivity contribution < 1.29 is 33.9 Å². The van der Waals surface area contributed by atoms with E-state index in [0.717, 1.165) is 0 Å². The smallest absolute Gasteiger partial charge is 0.326 e. The predicted octanol–water partition coefficient (Wildman–Crippen LogP) is -3.63. The van der Waals surface area contributed by atoms with E-state index in [9.17, 15) is 33.9 Å². The number of H-pyrrole nitrogens is 1. The fraction of sp³-hybridized carbons (Fsp3) is 0.526. The zero-order chi connectivity index (χ0) is 25.8. The maximum Gasteiger partial charge on any atom is 0.326 e. The van der Waals surface area contributed by atoms with E-state index in [0.29, 0.717) is 5.69 Å². The molecule has 0 radical (unpaired) electrons. The molecule has 0 aromatic carbocycles. The molecule has 0 aliphatic heterocycles. The number of carboxylic acids is 1. The van der Waals surface area contributed by atoms with E-state index in [1.165, 1.54) is 19.4 Å². The number of carbonyl (C=O) groups excluding carboxylic acids is 5. The van der Waals surface area contributed by atoms with E-state index in [2.05, 4.69) is 25.9 Å². The Labute approximate surface area is 194 Å². The normalized spacial score (nSPS) is 14.2. The number of hydrogen-bond acceptors (Lipinski definition) is 8. The molecular weight excluding hydrogens is 452 g/mol. The van der Waals surface area contributed by atoms with Crippen LogP contribution in [0, 0.1) is 0 Å². The van der Waals surface area contributed by atoms with Gasteiger partial charge in [0, 0.05) is 31.2 Å². The first kappa shape index (κ1) is 28.0. The Morgan fingerprint density at radius 2 is 1.38 bits per heavy atom. The van der Waals surface area contributed by atoms with Crippen molar-refractivity contribution in [1.82, 2.24) is 25.9 Å². The molecule has 4 unspecified atom stereocenters. The lowest BCUT2D eigenvalue weighted by Crippen LogP contribution is -2.57. The van der Waals surface area contributed by atoms with Crippen molar-refractivity contribution in [2.45, 2.75) is 63.2 Å². The van der Waals surface area contributed by atoms with Gasteiger partial charge in [0.15, 0.2) is 0 Å². The molecule has 15 heteroatoms. The molecule has 1 rings (SSSR count). The second kappa shape index (κ2) is 13.5. The van der Waals surface area contributed by atoms with E-state index in [-0.39, 0.29) is 32.1 Å². The molecule has 34 heavy (non-hydrogen) atoms. The fourth-order valence-corrected chi connectivity index (χ4v) is 2.77. The summed E-state index contributed by atoms with van der Waals surface area (Å²) in [5, 5.41) is 16.5. The molecule has 0 saturated carbocycles. The van der Waals surface area contributed by atoms with Crippen molar-refractivity contribution in [3.05, 3.63) is 18.2 Å². The molecule has 1 heterocycles. The average molecular weight is 482 g/mol. The van der Waals surface area contributed by atoms with Crippen LogP contribution in [0.1, 0.15) is 38.3 Å². The predicted molar refractivity (Wildman–Crippen MR) is 116 cm³/mol. The third kappa shape index (κ3) is 10.1. The van der Waals surface area contributed by atoms with Crippen LogP contribution >= 0.6 is 0 Å². The molecule has 0 aliphatic rings. The van der Waals surface area contributed by atoms with Crippen LogP contribution in [-0.4, -0.2) is 74.7 Å². The van der Waals surface area contributed by atoms with Gasteiger partial charge in [0.05, 0.1) is 12.4 Å². The van der Waals surface area contributed by atoms with E-state index < -0.39 is 59.7 Å². The highest BCUT2D eigenvalue weighted by molar-refractivity contribution is 5.94. The quantitative estimate of drug-likeness (QED) is 0.122. The van der Waals surface area contributed by atoms with Crippen LogP contribution in [0.4, 0.5) is 0 Å². The molecule has 0 fully saturated rings. The standard InChI is InChI=1S/C19H30N8O7/c1-9(20)16(30)25-11(2-4-14(21)28)17(31)26-12(3-5-15(22)29)18(32)27-13(19(33)34)6-10-7-23-8-24-10/h7-9,11-13H,2-6,20H2,1H3,(H2,21,28)(H2,22,29)(H,23,24)(H,25,30)(H,26,31)(H,27,32)(H,33,34). The topological polar surface area (TPSA) is 265 Å².